The molecule has 0 spiro atoms. The fraction of sp³-hybridized carbons (Fsp3) is 0.895. The van der Waals surface area contributed by atoms with Gasteiger partial charge in [-0.3, -0.25) is 9.59 Å². The van der Waals surface area contributed by atoms with Crippen molar-refractivity contribution in [2.75, 3.05) is 0 Å². The summed E-state index contributed by atoms with van der Waals surface area (Å²) < 4.78 is 0. The fourth-order valence-corrected chi connectivity index (χ4v) is 2.34. The predicted octanol–water partition coefficient (Wildman–Crippen LogP) is 5.36. The van der Waals surface area contributed by atoms with Crippen LogP contribution in [0.2, 0.25) is 0 Å². The lowest BCUT2D eigenvalue weighted by molar-refractivity contribution is -0.121. The van der Waals surface area contributed by atoms with Gasteiger partial charge in [-0.05, 0) is 36.5 Å². The Bertz CT molecular complexity index is 321. The molecule has 1 atom stereocenters. The van der Waals surface area contributed by atoms with Crippen LogP contribution in [0.25, 0.3) is 0 Å². The van der Waals surface area contributed by atoms with Crippen LogP contribution in [-0.2, 0) is 9.59 Å². The number of hydrogen-bond acceptors (Lipinski definition) is 2. The Morgan fingerprint density at radius 1 is 1.09 bits per heavy atom. The lowest BCUT2D eigenvalue weighted by atomic mass is 9.84. The minimum Gasteiger partial charge on any atom is -0.370 e. The van der Waals surface area contributed by atoms with E-state index in [9.17, 15) is 9.59 Å². The number of rotatable bonds is 3. The molecule has 3 nitrogen and oxygen atoms in total. The molecule has 0 saturated heterocycles. The Kier molecular flexibility index (Phi) is 12.8. The third kappa shape index (κ3) is 15.5. The third-order valence-corrected chi connectivity index (χ3v) is 3.41. The van der Waals surface area contributed by atoms with E-state index in [0.717, 1.165) is 32.1 Å². The van der Waals surface area contributed by atoms with Crippen LogP contribution in [0.5, 0.6) is 0 Å². The Hall–Kier alpha value is -0.860. The summed E-state index contributed by atoms with van der Waals surface area (Å²) in [4.78, 5) is 21.5. The molecule has 0 aromatic rings. The minimum atomic E-state index is -0.204. The highest BCUT2D eigenvalue weighted by Crippen LogP contribution is 2.32. The zero-order chi connectivity index (χ0) is 16.0. The molecule has 0 heterocycles. The van der Waals surface area contributed by atoms with E-state index in [4.69, 9.17) is 5.73 Å². The van der Waals surface area contributed by atoms with E-state index in [0.29, 0.717) is 23.5 Å². The maximum Gasteiger partial charge on any atom is 0.217 e. The molecule has 2 N–H and O–H groups in total. The van der Waals surface area contributed by atoms with Crippen LogP contribution in [0.1, 0.15) is 94.9 Å². The van der Waals surface area contributed by atoms with Crippen LogP contribution in [0.15, 0.2) is 0 Å². The van der Waals surface area contributed by atoms with E-state index >= 15 is 0 Å². The summed E-state index contributed by atoms with van der Waals surface area (Å²) in [6, 6.07) is 0. The Morgan fingerprint density at radius 3 is 1.82 bits per heavy atom. The summed E-state index contributed by atoms with van der Waals surface area (Å²) in [6.07, 6.45) is 5.55. The molecule has 0 bridgehead atoms. The Balaban J connectivity index is -0.000000307. The smallest absolute Gasteiger partial charge is 0.217 e. The number of Topliss-reactive ketones (excluding diaryl/α,β-unsaturated/α-hetero) is 1. The first-order valence-electron chi connectivity index (χ1n) is 7.72. The van der Waals surface area contributed by atoms with E-state index in [1.807, 2.05) is 0 Å². The van der Waals surface area contributed by atoms with Gasteiger partial charge in [-0.25, -0.2) is 0 Å². The number of ketones is 1. The van der Waals surface area contributed by atoms with Crippen molar-refractivity contribution >= 4 is 11.7 Å². The van der Waals surface area contributed by atoms with E-state index in [1.54, 1.807) is 0 Å². The molecule has 1 unspecified atom stereocenters. The average Bonchev–Trinajstić information content (AvgIpc) is 2.59. The first-order valence-corrected chi connectivity index (χ1v) is 7.72. The van der Waals surface area contributed by atoms with Crippen LogP contribution >= 0.6 is 0 Å². The molecule has 1 aliphatic rings. The Labute approximate surface area is 139 Å². The van der Waals surface area contributed by atoms with Crippen molar-refractivity contribution in [2.24, 2.45) is 22.5 Å². The monoisotopic (exact) mass is 315 g/mol. The summed E-state index contributed by atoms with van der Waals surface area (Å²) >= 11 is 0. The van der Waals surface area contributed by atoms with Gasteiger partial charge in [0.1, 0.15) is 5.78 Å². The van der Waals surface area contributed by atoms with Crippen molar-refractivity contribution in [3.8, 4) is 0 Å². The summed E-state index contributed by atoms with van der Waals surface area (Å²) in [7, 11) is 0. The first kappa shape index (κ1) is 26.1. The average molecular weight is 316 g/mol. The van der Waals surface area contributed by atoms with Crippen LogP contribution < -0.4 is 5.73 Å². The number of amides is 1. The molecule has 1 fully saturated rings. The second-order valence-corrected chi connectivity index (χ2v) is 8.35. The topological polar surface area (TPSA) is 60.2 Å². The molecule has 1 rings (SSSR count). The van der Waals surface area contributed by atoms with Crippen molar-refractivity contribution in [1.29, 1.82) is 0 Å². The molecular formula is C19H41NO2. The highest BCUT2D eigenvalue weighted by atomic mass is 16.1. The van der Waals surface area contributed by atoms with Gasteiger partial charge >= 0.3 is 0 Å². The largest absolute Gasteiger partial charge is 0.370 e. The molecule has 22 heavy (non-hydrogen) atoms. The standard InChI is InChI=1S/C10H18O.C7H15NO.2CH4/c1-10(2,3)7-8-5-4-6-9(8)11;1-7(2,3)5-4-6(8)9;;/h8H,4-7H2,1-3H3;4-5H2,1-3H3,(H2,8,9);2*1H4. The highest BCUT2D eigenvalue weighted by Gasteiger charge is 2.28. The second-order valence-electron chi connectivity index (χ2n) is 8.35. The molecule has 1 amide bonds. The minimum absolute atomic E-state index is 0. The molecule has 0 aliphatic heterocycles. The third-order valence-electron chi connectivity index (χ3n) is 3.41. The Morgan fingerprint density at radius 2 is 1.59 bits per heavy atom. The van der Waals surface area contributed by atoms with Crippen molar-refractivity contribution in [3.05, 3.63) is 0 Å². The van der Waals surface area contributed by atoms with Gasteiger partial charge < -0.3 is 5.73 Å². The lowest BCUT2D eigenvalue weighted by Gasteiger charge is -2.21. The molecule has 0 aromatic heterocycles. The summed E-state index contributed by atoms with van der Waals surface area (Å²) in [5.41, 5.74) is 5.52. The number of carbonyl (C=O) groups is 2. The van der Waals surface area contributed by atoms with Crippen LogP contribution in [-0.4, -0.2) is 11.7 Å². The molecule has 3 heteroatoms. The molecule has 0 radical (unpaired) electrons. The fourth-order valence-electron chi connectivity index (χ4n) is 2.34. The van der Waals surface area contributed by atoms with Crippen molar-refractivity contribution < 1.29 is 9.59 Å². The summed E-state index contributed by atoms with van der Waals surface area (Å²) in [6.45, 7) is 12.9. The van der Waals surface area contributed by atoms with E-state index < -0.39 is 0 Å². The van der Waals surface area contributed by atoms with Crippen molar-refractivity contribution in [1.82, 2.24) is 0 Å². The van der Waals surface area contributed by atoms with Gasteiger partial charge in [0.05, 0.1) is 0 Å². The van der Waals surface area contributed by atoms with Crippen LogP contribution in [0.3, 0.4) is 0 Å². The van der Waals surface area contributed by atoms with Gasteiger partial charge in [-0.15, -0.1) is 0 Å². The molecule has 0 aromatic carbocycles. The van der Waals surface area contributed by atoms with Gasteiger partial charge in [-0.1, -0.05) is 56.4 Å². The number of carbonyl (C=O) groups excluding carboxylic acids is 2. The zero-order valence-corrected chi connectivity index (χ0v) is 14.2. The first-order chi connectivity index (χ1) is 8.91. The van der Waals surface area contributed by atoms with E-state index in [-0.39, 0.29) is 26.2 Å². The molecule has 1 saturated carbocycles. The second kappa shape index (κ2) is 10.8. The maximum absolute atomic E-state index is 11.3. The van der Waals surface area contributed by atoms with Gasteiger partial charge in [0.2, 0.25) is 5.91 Å². The quantitative estimate of drug-likeness (QED) is 0.762. The highest BCUT2D eigenvalue weighted by molar-refractivity contribution is 5.82. The predicted molar refractivity (Wildman–Crippen MR) is 97.8 cm³/mol. The van der Waals surface area contributed by atoms with Crippen LogP contribution in [0, 0.1) is 16.7 Å². The lowest BCUT2D eigenvalue weighted by Crippen LogP contribution is -2.16. The van der Waals surface area contributed by atoms with E-state index in [2.05, 4.69) is 41.5 Å². The number of hydrogen-bond donors (Lipinski definition) is 1. The zero-order valence-electron chi connectivity index (χ0n) is 14.2. The molecule has 134 valence electrons. The van der Waals surface area contributed by atoms with Gasteiger partial charge in [0, 0.05) is 18.8 Å². The van der Waals surface area contributed by atoms with Gasteiger partial charge in [-0.2, -0.15) is 0 Å². The number of primary amides is 1. The van der Waals surface area contributed by atoms with Gasteiger partial charge in [0.25, 0.3) is 0 Å². The van der Waals surface area contributed by atoms with Crippen molar-refractivity contribution in [2.45, 2.75) is 94.9 Å². The summed E-state index contributed by atoms with van der Waals surface area (Å²) in [5.74, 6) is 0.680. The molecule has 1 aliphatic carbocycles. The molecular weight excluding hydrogens is 274 g/mol. The summed E-state index contributed by atoms with van der Waals surface area (Å²) in [5, 5.41) is 0. The SMILES string of the molecule is C.C.CC(C)(C)CC1CCCC1=O.CC(C)(C)CCC(N)=O. The normalized spacial score (nSPS) is 17.7. The number of nitrogens with two attached hydrogens (primary N) is 1. The van der Waals surface area contributed by atoms with Crippen molar-refractivity contribution in [3.63, 3.8) is 0 Å². The van der Waals surface area contributed by atoms with Gasteiger partial charge in [0.15, 0.2) is 0 Å². The van der Waals surface area contributed by atoms with Crippen LogP contribution in [0.4, 0.5) is 0 Å². The van der Waals surface area contributed by atoms with E-state index in [1.165, 1.54) is 0 Å². The maximum atomic E-state index is 11.3.